The van der Waals surface area contributed by atoms with Gasteiger partial charge in [0.15, 0.2) is 0 Å². The van der Waals surface area contributed by atoms with E-state index >= 15 is 0 Å². The summed E-state index contributed by atoms with van der Waals surface area (Å²) in [6.07, 6.45) is 0. The first-order valence-corrected chi connectivity index (χ1v) is 4.39. The molecule has 2 rings (SSSR count). The van der Waals surface area contributed by atoms with Gasteiger partial charge in [0.1, 0.15) is 0 Å². The highest BCUT2D eigenvalue weighted by Crippen LogP contribution is 2.28. The molecule has 0 saturated carbocycles. The second kappa shape index (κ2) is 3.40. The van der Waals surface area contributed by atoms with E-state index in [1.165, 1.54) is 0 Å². The first-order valence-electron chi connectivity index (χ1n) is 4.39. The van der Waals surface area contributed by atoms with E-state index in [0.717, 1.165) is 0 Å². The number of benzene rings is 1. The fourth-order valence-electron chi connectivity index (χ4n) is 1.61. The van der Waals surface area contributed by atoms with Crippen molar-refractivity contribution in [2.24, 2.45) is 0 Å². The summed E-state index contributed by atoms with van der Waals surface area (Å²) < 4.78 is 5.28. The largest absolute Gasteiger partial charge is 0.479 e. The monoisotopic (exact) mass is 193 g/mol. The Morgan fingerprint density at radius 2 is 2.14 bits per heavy atom. The Balaban J connectivity index is 2.42. The molecular weight excluding hydrogens is 182 g/mol. The van der Waals surface area contributed by atoms with E-state index in [0.29, 0.717) is 12.1 Å². The summed E-state index contributed by atoms with van der Waals surface area (Å²) in [6.45, 7) is 0.591. The molecule has 1 aromatic carbocycles. The van der Waals surface area contributed by atoms with Crippen LogP contribution in [0.15, 0.2) is 30.3 Å². The minimum absolute atomic E-state index is 0.279. The van der Waals surface area contributed by atoms with Gasteiger partial charge < -0.3 is 9.84 Å². The summed E-state index contributed by atoms with van der Waals surface area (Å²) in [5.41, 5.74) is -0.529. The van der Waals surface area contributed by atoms with Gasteiger partial charge in [-0.25, -0.2) is 4.79 Å². The molecule has 1 aromatic rings. The third kappa shape index (κ3) is 1.29. The molecule has 0 aromatic heterocycles. The predicted molar refractivity (Wildman–Crippen MR) is 49.7 cm³/mol. The van der Waals surface area contributed by atoms with Crippen LogP contribution in [0.5, 0.6) is 0 Å². The average Bonchev–Trinajstić information content (AvgIpc) is 2.69. The van der Waals surface area contributed by atoms with Crippen molar-refractivity contribution in [2.75, 3.05) is 13.3 Å². The maximum atomic E-state index is 11.2. The van der Waals surface area contributed by atoms with Gasteiger partial charge in [0.2, 0.25) is 5.60 Å². The van der Waals surface area contributed by atoms with Crippen molar-refractivity contribution in [3.05, 3.63) is 35.9 Å². The van der Waals surface area contributed by atoms with Crippen molar-refractivity contribution in [3.63, 3.8) is 0 Å². The van der Waals surface area contributed by atoms with Gasteiger partial charge in [-0.1, -0.05) is 30.3 Å². The second-order valence-electron chi connectivity index (χ2n) is 3.21. The zero-order valence-electron chi connectivity index (χ0n) is 7.56. The molecule has 14 heavy (non-hydrogen) atoms. The molecule has 2 N–H and O–H groups in total. The van der Waals surface area contributed by atoms with Gasteiger partial charge in [0.05, 0.1) is 6.73 Å². The molecule has 1 fully saturated rings. The van der Waals surface area contributed by atoms with Gasteiger partial charge in [-0.3, -0.25) is 5.32 Å². The van der Waals surface area contributed by atoms with E-state index in [2.05, 4.69) is 5.32 Å². The standard InChI is InChI=1S/C10H11NO3/c12-9(13)10(6-11-7-14-10)8-4-2-1-3-5-8/h1-5,11H,6-7H2,(H,12,13). The molecule has 1 unspecified atom stereocenters. The Kier molecular flexibility index (Phi) is 2.23. The van der Waals surface area contributed by atoms with Gasteiger partial charge in [-0.15, -0.1) is 0 Å². The lowest BCUT2D eigenvalue weighted by Gasteiger charge is -2.22. The molecule has 1 saturated heterocycles. The number of ether oxygens (including phenoxy) is 1. The van der Waals surface area contributed by atoms with Crippen molar-refractivity contribution in [3.8, 4) is 0 Å². The highest BCUT2D eigenvalue weighted by atomic mass is 16.5. The lowest BCUT2D eigenvalue weighted by Crippen LogP contribution is -2.39. The number of rotatable bonds is 2. The SMILES string of the molecule is O=C(O)C1(c2ccccc2)CNCO1. The fourth-order valence-corrected chi connectivity index (χ4v) is 1.61. The van der Waals surface area contributed by atoms with Crippen LogP contribution in [-0.2, 0) is 15.1 Å². The van der Waals surface area contributed by atoms with Gasteiger partial charge in [-0.2, -0.15) is 0 Å². The third-order valence-electron chi connectivity index (χ3n) is 2.38. The summed E-state index contributed by atoms with van der Waals surface area (Å²) in [4.78, 5) is 11.2. The third-order valence-corrected chi connectivity index (χ3v) is 2.38. The minimum atomic E-state index is -1.21. The van der Waals surface area contributed by atoms with Crippen molar-refractivity contribution >= 4 is 5.97 Å². The van der Waals surface area contributed by atoms with Crippen LogP contribution in [-0.4, -0.2) is 24.4 Å². The van der Waals surface area contributed by atoms with E-state index in [9.17, 15) is 4.79 Å². The molecule has 0 radical (unpaired) electrons. The molecule has 0 spiro atoms. The molecule has 74 valence electrons. The van der Waals surface area contributed by atoms with Crippen LogP contribution in [0.4, 0.5) is 0 Å². The zero-order valence-corrected chi connectivity index (χ0v) is 7.56. The van der Waals surface area contributed by atoms with Crippen LogP contribution in [0.1, 0.15) is 5.56 Å². The van der Waals surface area contributed by atoms with Crippen molar-refractivity contribution in [2.45, 2.75) is 5.60 Å². The molecule has 1 aliphatic rings. The summed E-state index contributed by atoms with van der Waals surface area (Å²) in [6, 6.07) is 8.99. The quantitative estimate of drug-likeness (QED) is 0.719. The Labute approximate surface area is 81.5 Å². The lowest BCUT2D eigenvalue weighted by molar-refractivity contribution is -0.160. The number of hydrogen-bond acceptors (Lipinski definition) is 3. The molecule has 1 heterocycles. The van der Waals surface area contributed by atoms with E-state index in [-0.39, 0.29) is 6.73 Å². The maximum absolute atomic E-state index is 11.2. The highest BCUT2D eigenvalue weighted by molar-refractivity contribution is 5.80. The molecule has 0 aliphatic carbocycles. The molecular formula is C10H11NO3. The summed E-state index contributed by atoms with van der Waals surface area (Å²) in [5, 5.41) is 12.0. The van der Waals surface area contributed by atoms with Crippen LogP contribution in [0.25, 0.3) is 0 Å². The Morgan fingerprint density at radius 1 is 1.43 bits per heavy atom. The van der Waals surface area contributed by atoms with Gasteiger partial charge >= 0.3 is 5.97 Å². The summed E-state index contributed by atoms with van der Waals surface area (Å²) in [7, 11) is 0. The highest BCUT2D eigenvalue weighted by Gasteiger charge is 2.44. The Bertz CT molecular complexity index is 330. The number of hydrogen-bond donors (Lipinski definition) is 2. The van der Waals surface area contributed by atoms with Crippen molar-refractivity contribution in [1.29, 1.82) is 0 Å². The van der Waals surface area contributed by atoms with Crippen LogP contribution in [0, 0.1) is 0 Å². The molecule has 1 atom stereocenters. The topological polar surface area (TPSA) is 58.6 Å². The number of nitrogens with one attached hydrogen (secondary N) is 1. The number of carbonyl (C=O) groups is 1. The normalized spacial score (nSPS) is 26.3. The van der Waals surface area contributed by atoms with Gasteiger partial charge in [0.25, 0.3) is 0 Å². The molecule has 0 bridgehead atoms. The van der Waals surface area contributed by atoms with Crippen LogP contribution in [0.3, 0.4) is 0 Å². The Morgan fingerprint density at radius 3 is 2.64 bits per heavy atom. The fraction of sp³-hybridized carbons (Fsp3) is 0.300. The van der Waals surface area contributed by atoms with E-state index < -0.39 is 11.6 Å². The second-order valence-corrected chi connectivity index (χ2v) is 3.21. The number of aliphatic carboxylic acids is 1. The average molecular weight is 193 g/mol. The van der Waals surface area contributed by atoms with Crippen molar-refractivity contribution in [1.82, 2.24) is 5.32 Å². The smallest absolute Gasteiger partial charge is 0.342 e. The van der Waals surface area contributed by atoms with Crippen LogP contribution in [0.2, 0.25) is 0 Å². The van der Waals surface area contributed by atoms with E-state index in [1.807, 2.05) is 18.2 Å². The molecule has 4 heteroatoms. The van der Waals surface area contributed by atoms with Gasteiger partial charge in [0, 0.05) is 6.54 Å². The summed E-state index contributed by atoms with van der Waals surface area (Å²) >= 11 is 0. The molecule has 1 aliphatic heterocycles. The van der Waals surface area contributed by atoms with Gasteiger partial charge in [-0.05, 0) is 5.56 Å². The van der Waals surface area contributed by atoms with E-state index in [1.54, 1.807) is 12.1 Å². The van der Waals surface area contributed by atoms with Crippen LogP contribution >= 0.6 is 0 Å². The summed E-state index contributed by atoms with van der Waals surface area (Å²) in [5.74, 6) is -0.950. The number of carboxylic acids is 1. The minimum Gasteiger partial charge on any atom is -0.479 e. The predicted octanol–water partition coefficient (Wildman–Crippen LogP) is 0.544. The molecule has 4 nitrogen and oxygen atoms in total. The first-order chi connectivity index (χ1) is 6.76. The lowest BCUT2D eigenvalue weighted by atomic mass is 9.94. The van der Waals surface area contributed by atoms with E-state index in [4.69, 9.17) is 9.84 Å². The number of carboxylic acid groups (broad SMARTS) is 1. The van der Waals surface area contributed by atoms with Crippen molar-refractivity contribution < 1.29 is 14.6 Å². The zero-order chi connectivity index (χ0) is 10.0. The first kappa shape index (κ1) is 9.18. The molecule has 0 amide bonds. The Hall–Kier alpha value is -1.39. The van der Waals surface area contributed by atoms with Crippen LogP contribution < -0.4 is 5.32 Å². The maximum Gasteiger partial charge on any atom is 0.342 e.